The number of likely N-dealkylation sites (N-methyl/N-ethyl adjacent to an activating group) is 1. The number of ether oxygens (including phenoxy) is 2. The van der Waals surface area contributed by atoms with E-state index in [1.165, 1.54) is 0 Å². The fourth-order valence-corrected chi connectivity index (χ4v) is 3.44. The van der Waals surface area contributed by atoms with Gasteiger partial charge in [-0.25, -0.2) is 9.59 Å². The molecule has 2 N–H and O–H groups in total. The van der Waals surface area contributed by atoms with Crippen LogP contribution in [0.15, 0.2) is 0 Å². The number of esters is 2. The first-order valence-corrected chi connectivity index (χ1v) is 9.32. The fraction of sp³-hybridized carbons (Fsp3) is 0.588. The number of anilines is 1. The lowest BCUT2D eigenvalue weighted by Gasteiger charge is -2.14. The zero-order valence-corrected chi connectivity index (χ0v) is 16.3. The predicted octanol–water partition coefficient (Wildman–Crippen LogP) is 1.27. The van der Waals surface area contributed by atoms with Gasteiger partial charge in [0.1, 0.15) is 9.88 Å². The van der Waals surface area contributed by atoms with Crippen LogP contribution in [0.4, 0.5) is 5.00 Å². The second kappa shape index (κ2) is 10.1. The van der Waals surface area contributed by atoms with Crippen molar-refractivity contribution in [3.05, 3.63) is 16.0 Å². The first-order valence-electron chi connectivity index (χ1n) is 8.50. The van der Waals surface area contributed by atoms with E-state index in [-0.39, 0.29) is 24.7 Å². The lowest BCUT2D eigenvalue weighted by atomic mass is 10.1. The molecule has 0 radical (unpaired) electrons. The van der Waals surface area contributed by atoms with Gasteiger partial charge in [-0.05, 0) is 40.2 Å². The van der Waals surface area contributed by atoms with E-state index >= 15 is 0 Å². The van der Waals surface area contributed by atoms with Crippen molar-refractivity contribution in [2.45, 2.75) is 34.6 Å². The van der Waals surface area contributed by atoms with Crippen LogP contribution in [0.1, 0.15) is 53.3 Å². The Bertz CT molecular complexity index is 623. The third-order valence-electron chi connectivity index (χ3n) is 3.75. The van der Waals surface area contributed by atoms with Crippen LogP contribution in [-0.4, -0.2) is 50.7 Å². The topological polar surface area (TPSA) is 86.1 Å². The van der Waals surface area contributed by atoms with Crippen molar-refractivity contribution in [1.29, 1.82) is 0 Å². The molecular formula is C17H27N2O5S+. The number of thiophene rings is 1. The van der Waals surface area contributed by atoms with Gasteiger partial charge >= 0.3 is 11.9 Å². The van der Waals surface area contributed by atoms with E-state index in [1.807, 2.05) is 13.8 Å². The molecule has 1 amide bonds. The summed E-state index contributed by atoms with van der Waals surface area (Å²) in [5, 5.41) is 3.09. The van der Waals surface area contributed by atoms with Crippen molar-refractivity contribution in [1.82, 2.24) is 0 Å². The number of carbonyl (C=O) groups excluding carboxylic acids is 3. The SMILES string of the molecule is CCOC(=O)c1sc(NC(=O)C[NH+](CC)CC)c(C(=O)OCC)c1C. The van der Waals surface area contributed by atoms with Crippen molar-refractivity contribution < 1.29 is 28.8 Å². The number of carbonyl (C=O) groups is 3. The van der Waals surface area contributed by atoms with Gasteiger partial charge in [0, 0.05) is 0 Å². The molecule has 1 rings (SSSR count). The third-order valence-corrected chi connectivity index (χ3v) is 4.94. The highest BCUT2D eigenvalue weighted by Gasteiger charge is 2.27. The molecule has 0 fully saturated rings. The zero-order chi connectivity index (χ0) is 19.0. The molecule has 0 aliphatic rings. The van der Waals surface area contributed by atoms with Gasteiger partial charge in [0.2, 0.25) is 0 Å². The highest BCUT2D eigenvalue weighted by molar-refractivity contribution is 7.18. The Kier molecular flexibility index (Phi) is 8.57. The van der Waals surface area contributed by atoms with E-state index < -0.39 is 11.9 Å². The van der Waals surface area contributed by atoms with E-state index in [1.54, 1.807) is 20.8 Å². The summed E-state index contributed by atoms with van der Waals surface area (Å²) in [6, 6.07) is 0. The first kappa shape index (κ1) is 21.1. The van der Waals surface area contributed by atoms with Crippen LogP contribution in [0.3, 0.4) is 0 Å². The van der Waals surface area contributed by atoms with Gasteiger partial charge < -0.3 is 19.7 Å². The minimum Gasteiger partial charge on any atom is -0.462 e. The molecule has 1 aromatic rings. The highest BCUT2D eigenvalue weighted by Crippen LogP contribution is 2.34. The standard InChI is InChI=1S/C17H26N2O5S/c1-6-19(7-2)10-12(20)18-15-13(16(21)23-8-3)11(5)14(25-15)17(22)24-9-4/h6-10H2,1-5H3,(H,18,20)/p+1. The molecule has 0 saturated carbocycles. The van der Waals surface area contributed by atoms with Gasteiger partial charge in [-0.3, -0.25) is 4.79 Å². The Labute approximate surface area is 152 Å². The lowest BCUT2D eigenvalue weighted by Crippen LogP contribution is -3.12. The molecule has 25 heavy (non-hydrogen) atoms. The summed E-state index contributed by atoms with van der Waals surface area (Å²) in [6.45, 7) is 11.5. The van der Waals surface area contributed by atoms with E-state index in [2.05, 4.69) is 5.32 Å². The highest BCUT2D eigenvalue weighted by atomic mass is 32.1. The molecule has 0 aliphatic heterocycles. The van der Waals surface area contributed by atoms with Crippen molar-refractivity contribution in [2.24, 2.45) is 0 Å². The number of hydrogen-bond acceptors (Lipinski definition) is 6. The van der Waals surface area contributed by atoms with Gasteiger partial charge in [0.25, 0.3) is 5.91 Å². The van der Waals surface area contributed by atoms with Gasteiger partial charge in [-0.15, -0.1) is 11.3 Å². The summed E-state index contributed by atoms with van der Waals surface area (Å²) in [7, 11) is 0. The van der Waals surface area contributed by atoms with Crippen LogP contribution in [0.5, 0.6) is 0 Å². The van der Waals surface area contributed by atoms with Crippen molar-refractivity contribution >= 4 is 34.2 Å². The molecule has 1 aromatic heterocycles. The Morgan fingerprint density at radius 1 is 1.00 bits per heavy atom. The first-order chi connectivity index (χ1) is 11.9. The summed E-state index contributed by atoms with van der Waals surface area (Å²) in [5.74, 6) is -1.27. The molecule has 0 spiro atoms. The maximum Gasteiger partial charge on any atom is 0.348 e. The van der Waals surface area contributed by atoms with E-state index in [9.17, 15) is 14.4 Å². The molecule has 0 saturated heterocycles. The summed E-state index contributed by atoms with van der Waals surface area (Å²) in [6.07, 6.45) is 0. The second-order valence-electron chi connectivity index (χ2n) is 5.38. The Morgan fingerprint density at radius 2 is 1.56 bits per heavy atom. The molecule has 0 bridgehead atoms. The second-order valence-corrected chi connectivity index (χ2v) is 6.40. The van der Waals surface area contributed by atoms with Gasteiger partial charge in [-0.1, -0.05) is 0 Å². The summed E-state index contributed by atoms with van der Waals surface area (Å²) in [5.41, 5.74) is 0.685. The Hall–Kier alpha value is -1.93. The molecule has 0 aromatic carbocycles. The summed E-state index contributed by atoms with van der Waals surface area (Å²) >= 11 is 1.04. The quantitative estimate of drug-likeness (QED) is 0.639. The maximum absolute atomic E-state index is 12.3. The van der Waals surface area contributed by atoms with Crippen LogP contribution >= 0.6 is 11.3 Å². The Morgan fingerprint density at radius 3 is 2.08 bits per heavy atom. The molecule has 140 valence electrons. The average molecular weight is 371 g/mol. The zero-order valence-electron chi connectivity index (χ0n) is 15.5. The molecule has 0 unspecified atom stereocenters. The van der Waals surface area contributed by atoms with Crippen molar-refractivity contribution in [3.8, 4) is 0 Å². The smallest absolute Gasteiger partial charge is 0.348 e. The van der Waals surface area contributed by atoms with Crippen LogP contribution in [-0.2, 0) is 14.3 Å². The molecule has 0 atom stereocenters. The van der Waals surface area contributed by atoms with Crippen LogP contribution < -0.4 is 10.2 Å². The molecule has 8 heteroatoms. The van der Waals surface area contributed by atoms with Crippen LogP contribution in [0.2, 0.25) is 0 Å². The Balaban J connectivity index is 3.14. The van der Waals surface area contributed by atoms with Crippen molar-refractivity contribution in [3.63, 3.8) is 0 Å². The van der Waals surface area contributed by atoms with E-state index in [0.717, 1.165) is 29.3 Å². The maximum atomic E-state index is 12.3. The van der Waals surface area contributed by atoms with Crippen LogP contribution in [0.25, 0.3) is 0 Å². The van der Waals surface area contributed by atoms with Crippen LogP contribution in [0, 0.1) is 6.92 Å². The summed E-state index contributed by atoms with van der Waals surface area (Å²) < 4.78 is 10.1. The van der Waals surface area contributed by atoms with E-state index in [4.69, 9.17) is 9.47 Å². The average Bonchev–Trinajstić information content (AvgIpc) is 2.89. The number of hydrogen-bond donors (Lipinski definition) is 2. The molecular weight excluding hydrogens is 344 g/mol. The summed E-state index contributed by atoms with van der Waals surface area (Å²) in [4.78, 5) is 38.1. The van der Waals surface area contributed by atoms with Gasteiger partial charge in [-0.2, -0.15) is 0 Å². The number of rotatable bonds is 9. The lowest BCUT2D eigenvalue weighted by molar-refractivity contribution is -0.888. The normalized spacial score (nSPS) is 10.6. The fourth-order valence-electron chi connectivity index (χ4n) is 2.34. The monoisotopic (exact) mass is 371 g/mol. The van der Waals surface area contributed by atoms with Gasteiger partial charge in [0.15, 0.2) is 6.54 Å². The number of quaternary nitrogens is 1. The molecule has 7 nitrogen and oxygen atoms in total. The number of amides is 1. The third kappa shape index (κ3) is 5.54. The van der Waals surface area contributed by atoms with E-state index in [0.29, 0.717) is 22.0 Å². The predicted molar refractivity (Wildman–Crippen MR) is 96.5 cm³/mol. The van der Waals surface area contributed by atoms with Crippen molar-refractivity contribution in [2.75, 3.05) is 38.2 Å². The largest absolute Gasteiger partial charge is 0.462 e. The minimum atomic E-state index is -0.558. The van der Waals surface area contributed by atoms with Gasteiger partial charge in [0.05, 0.1) is 31.9 Å². The minimum absolute atomic E-state index is 0.207. The number of nitrogens with one attached hydrogen (secondary N) is 2. The molecule has 1 heterocycles. The molecule has 0 aliphatic carbocycles.